The highest BCUT2D eigenvalue weighted by molar-refractivity contribution is 4.71. The Morgan fingerprint density at radius 3 is 2.07 bits per heavy atom. The molecule has 1 aliphatic rings. The maximum Gasteiger partial charge on any atom is 0.0110 e. The highest BCUT2D eigenvalue weighted by Crippen LogP contribution is 2.02. The van der Waals surface area contributed by atoms with Gasteiger partial charge in [-0.2, -0.15) is 0 Å². The van der Waals surface area contributed by atoms with Gasteiger partial charge in [0.05, 0.1) is 0 Å². The molecule has 1 N–H and O–H groups in total. The lowest BCUT2D eigenvalue weighted by molar-refractivity contribution is 0.131. The van der Waals surface area contributed by atoms with Gasteiger partial charge < -0.3 is 15.1 Å². The predicted molar refractivity (Wildman–Crippen MR) is 66.3 cm³/mol. The lowest BCUT2D eigenvalue weighted by Gasteiger charge is -2.34. The van der Waals surface area contributed by atoms with Crippen LogP contribution in [0.5, 0.6) is 0 Å². The van der Waals surface area contributed by atoms with Crippen molar-refractivity contribution < 1.29 is 0 Å². The number of piperazine rings is 1. The molecule has 90 valence electrons. The summed E-state index contributed by atoms with van der Waals surface area (Å²) in [6.45, 7) is 14.4. The van der Waals surface area contributed by atoms with Crippen molar-refractivity contribution in [3.63, 3.8) is 0 Å². The minimum Gasteiger partial charge on any atom is -0.317 e. The zero-order valence-corrected chi connectivity index (χ0v) is 10.5. The summed E-state index contributed by atoms with van der Waals surface area (Å²) in [5, 5.41) is 3.38. The van der Waals surface area contributed by atoms with E-state index >= 15 is 0 Å². The Morgan fingerprint density at radius 1 is 0.933 bits per heavy atom. The Kier molecular flexibility index (Phi) is 6.98. The molecule has 1 heterocycles. The first kappa shape index (κ1) is 12.9. The first-order chi connectivity index (χ1) is 7.36. The number of hydrogen-bond donors (Lipinski definition) is 1. The molecule has 0 atom stereocenters. The van der Waals surface area contributed by atoms with Crippen LogP contribution in [0.15, 0.2) is 0 Å². The largest absolute Gasteiger partial charge is 0.317 e. The molecular formula is C12H27N3. The average Bonchev–Trinajstić information content (AvgIpc) is 2.27. The normalized spacial score (nSPS) is 19.6. The minimum absolute atomic E-state index is 1.10. The van der Waals surface area contributed by atoms with Crippen molar-refractivity contribution in [2.24, 2.45) is 0 Å². The van der Waals surface area contributed by atoms with Crippen molar-refractivity contribution in [3.05, 3.63) is 0 Å². The van der Waals surface area contributed by atoms with Crippen LogP contribution in [0.2, 0.25) is 0 Å². The molecule has 0 aromatic rings. The number of rotatable bonds is 7. The molecule has 3 nitrogen and oxygen atoms in total. The maximum absolute atomic E-state index is 3.38. The fourth-order valence-electron chi connectivity index (χ4n) is 2.16. The van der Waals surface area contributed by atoms with E-state index in [0.29, 0.717) is 0 Å². The molecule has 0 unspecified atom stereocenters. The van der Waals surface area contributed by atoms with Gasteiger partial charge >= 0.3 is 0 Å². The molecule has 1 fully saturated rings. The Labute approximate surface area is 94.8 Å². The van der Waals surface area contributed by atoms with E-state index in [1.807, 2.05) is 0 Å². The summed E-state index contributed by atoms with van der Waals surface area (Å²) < 4.78 is 0. The summed E-state index contributed by atoms with van der Waals surface area (Å²) in [7, 11) is 0. The van der Waals surface area contributed by atoms with Crippen molar-refractivity contribution >= 4 is 0 Å². The second kappa shape index (κ2) is 8.08. The molecule has 0 spiro atoms. The molecule has 0 radical (unpaired) electrons. The van der Waals surface area contributed by atoms with Gasteiger partial charge in [-0.1, -0.05) is 13.8 Å². The van der Waals surface area contributed by atoms with E-state index in [-0.39, 0.29) is 0 Å². The summed E-state index contributed by atoms with van der Waals surface area (Å²) >= 11 is 0. The second-order valence-corrected chi connectivity index (χ2v) is 4.39. The molecule has 15 heavy (non-hydrogen) atoms. The van der Waals surface area contributed by atoms with E-state index in [0.717, 1.165) is 6.54 Å². The molecule has 1 saturated heterocycles. The highest BCUT2D eigenvalue weighted by Gasteiger charge is 2.14. The van der Waals surface area contributed by atoms with Crippen LogP contribution in [0, 0.1) is 0 Å². The first-order valence-corrected chi connectivity index (χ1v) is 6.52. The summed E-state index contributed by atoms with van der Waals surface area (Å²) in [6, 6.07) is 0. The summed E-state index contributed by atoms with van der Waals surface area (Å²) in [5.41, 5.74) is 0. The third kappa shape index (κ3) is 5.50. The molecule has 0 aromatic heterocycles. The van der Waals surface area contributed by atoms with Crippen LogP contribution < -0.4 is 5.32 Å². The van der Waals surface area contributed by atoms with Gasteiger partial charge in [-0.3, -0.25) is 0 Å². The van der Waals surface area contributed by atoms with Gasteiger partial charge in [0.1, 0.15) is 0 Å². The van der Waals surface area contributed by atoms with Gasteiger partial charge in [-0.05, 0) is 39.0 Å². The van der Waals surface area contributed by atoms with E-state index < -0.39 is 0 Å². The summed E-state index contributed by atoms with van der Waals surface area (Å²) in [6.07, 6.45) is 2.59. The lowest BCUT2D eigenvalue weighted by Crippen LogP contribution is -2.46. The van der Waals surface area contributed by atoms with Crippen molar-refractivity contribution in [2.45, 2.75) is 26.7 Å². The van der Waals surface area contributed by atoms with Gasteiger partial charge in [0.2, 0.25) is 0 Å². The molecule has 0 aromatic carbocycles. The number of nitrogens with zero attached hydrogens (tertiary/aromatic N) is 2. The van der Waals surface area contributed by atoms with Crippen molar-refractivity contribution in [3.8, 4) is 0 Å². The lowest BCUT2D eigenvalue weighted by atomic mass is 10.2. The Balaban J connectivity index is 1.99. The zero-order chi connectivity index (χ0) is 10.9. The van der Waals surface area contributed by atoms with E-state index in [2.05, 4.69) is 29.0 Å². The van der Waals surface area contributed by atoms with Gasteiger partial charge in [-0.25, -0.2) is 0 Å². The van der Waals surface area contributed by atoms with Crippen LogP contribution in [-0.2, 0) is 0 Å². The molecule has 0 amide bonds. The van der Waals surface area contributed by atoms with Crippen LogP contribution >= 0.6 is 0 Å². The molecular weight excluding hydrogens is 186 g/mol. The van der Waals surface area contributed by atoms with Crippen molar-refractivity contribution in [1.82, 2.24) is 15.1 Å². The van der Waals surface area contributed by atoms with E-state index in [9.17, 15) is 0 Å². The second-order valence-electron chi connectivity index (χ2n) is 4.39. The third-order valence-electron chi connectivity index (χ3n) is 3.08. The van der Waals surface area contributed by atoms with E-state index in [4.69, 9.17) is 0 Å². The van der Waals surface area contributed by atoms with E-state index in [1.165, 1.54) is 58.7 Å². The molecule has 1 rings (SSSR count). The summed E-state index contributed by atoms with van der Waals surface area (Å²) in [5.74, 6) is 0. The van der Waals surface area contributed by atoms with Crippen molar-refractivity contribution in [1.29, 1.82) is 0 Å². The molecule has 0 bridgehead atoms. The number of nitrogens with one attached hydrogen (secondary N) is 1. The molecule has 3 heteroatoms. The fraction of sp³-hybridized carbons (Fsp3) is 1.00. The van der Waals surface area contributed by atoms with Gasteiger partial charge in [0, 0.05) is 26.2 Å². The third-order valence-corrected chi connectivity index (χ3v) is 3.08. The highest BCUT2D eigenvalue weighted by atomic mass is 15.3. The topological polar surface area (TPSA) is 18.5 Å². The van der Waals surface area contributed by atoms with Crippen LogP contribution in [-0.4, -0.2) is 62.2 Å². The van der Waals surface area contributed by atoms with Crippen LogP contribution in [0.1, 0.15) is 26.7 Å². The zero-order valence-electron chi connectivity index (χ0n) is 10.5. The number of hydrogen-bond acceptors (Lipinski definition) is 3. The Morgan fingerprint density at radius 2 is 1.53 bits per heavy atom. The predicted octanol–water partition coefficient (Wildman–Crippen LogP) is 1.01. The van der Waals surface area contributed by atoms with Crippen LogP contribution in [0.3, 0.4) is 0 Å². The van der Waals surface area contributed by atoms with Crippen LogP contribution in [0.25, 0.3) is 0 Å². The Bertz CT molecular complexity index is 139. The van der Waals surface area contributed by atoms with Gasteiger partial charge in [-0.15, -0.1) is 0 Å². The molecule has 0 saturated carbocycles. The molecule has 1 aliphatic heterocycles. The monoisotopic (exact) mass is 213 g/mol. The quantitative estimate of drug-likeness (QED) is 0.637. The standard InChI is InChI=1S/C12H27N3/c1-3-7-14-9-11-15(12-10-14)8-5-6-13-4-2/h13H,3-12H2,1-2H3. The SMILES string of the molecule is CCCN1CCN(CCCNCC)CC1. The van der Waals surface area contributed by atoms with Gasteiger partial charge in [0.15, 0.2) is 0 Å². The summed E-state index contributed by atoms with van der Waals surface area (Å²) in [4.78, 5) is 5.18. The minimum atomic E-state index is 1.10. The van der Waals surface area contributed by atoms with E-state index in [1.54, 1.807) is 0 Å². The van der Waals surface area contributed by atoms with Crippen molar-refractivity contribution in [2.75, 3.05) is 52.4 Å². The Hall–Kier alpha value is -0.120. The first-order valence-electron chi connectivity index (χ1n) is 6.52. The molecule has 0 aliphatic carbocycles. The smallest absolute Gasteiger partial charge is 0.0110 e. The van der Waals surface area contributed by atoms with Crippen LogP contribution in [0.4, 0.5) is 0 Å². The fourth-order valence-corrected chi connectivity index (χ4v) is 2.16. The van der Waals surface area contributed by atoms with Gasteiger partial charge in [0.25, 0.3) is 0 Å². The maximum atomic E-state index is 3.38. The average molecular weight is 213 g/mol.